The number of carbonyl (C=O) groups excluding carboxylic acids is 1. The number of hydrogen-bond acceptors (Lipinski definition) is 2. The van der Waals surface area contributed by atoms with Crippen LogP contribution in [0.15, 0.2) is 18.2 Å². The Kier molecular flexibility index (Phi) is 5.79. The van der Waals surface area contributed by atoms with Gasteiger partial charge in [0, 0.05) is 13.1 Å². The topological polar surface area (TPSA) is 41.6 Å². The van der Waals surface area contributed by atoms with E-state index in [4.69, 9.17) is 4.74 Å². The maximum Gasteiger partial charge on any atom is 0.320 e. The molecule has 2 rings (SSSR count). The van der Waals surface area contributed by atoms with Crippen LogP contribution < -0.4 is 10.1 Å². The van der Waals surface area contributed by atoms with Crippen LogP contribution in [0.4, 0.5) is 4.79 Å². The van der Waals surface area contributed by atoms with E-state index >= 15 is 0 Å². The molecule has 2 amide bonds. The van der Waals surface area contributed by atoms with Gasteiger partial charge in [-0.05, 0) is 42.2 Å². The maximum atomic E-state index is 12.4. The van der Waals surface area contributed by atoms with E-state index in [2.05, 4.69) is 52.9 Å². The molecule has 0 aromatic heterocycles. The molecule has 1 saturated heterocycles. The van der Waals surface area contributed by atoms with Crippen molar-refractivity contribution in [3.8, 4) is 5.75 Å². The van der Waals surface area contributed by atoms with Crippen LogP contribution in [0.5, 0.6) is 5.75 Å². The molecule has 1 aliphatic heterocycles. The number of piperidine rings is 1. The van der Waals surface area contributed by atoms with Crippen LogP contribution in [0, 0.1) is 18.8 Å². The van der Waals surface area contributed by atoms with Crippen LogP contribution in [0.2, 0.25) is 0 Å². The van der Waals surface area contributed by atoms with E-state index in [-0.39, 0.29) is 18.2 Å². The molecule has 1 aromatic rings. The molecule has 0 bridgehead atoms. The number of amides is 2. The van der Waals surface area contributed by atoms with E-state index in [1.165, 1.54) is 12.0 Å². The van der Waals surface area contributed by atoms with Gasteiger partial charge in [-0.15, -0.1) is 0 Å². The summed E-state index contributed by atoms with van der Waals surface area (Å²) in [4.78, 5) is 14.3. The monoisotopic (exact) mass is 332 g/mol. The Hall–Kier alpha value is -1.71. The number of nitrogens with zero attached hydrogens (tertiary/aromatic N) is 1. The van der Waals surface area contributed by atoms with Crippen LogP contribution in [-0.2, 0) is 5.41 Å². The fourth-order valence-electron chi connectivity index (χ4n) is 3.47. The van der Waals surface area contributed by atoms with Gasteiger partial charge in [-0.3, -0.25) is 0 Å². The summed E-state index contributed by atoms with van der Waals surface area (Å²) in [5.41, 5.74) is 2.38. The van der Waals surface area contributed by atoms with Crippen molar-refractivity contribution in [1.29, 1.82) is 0 Å². The van der Waals surface area contributed by atoms with Gasteiger partial charge >= 0.3 is 6.03 Å². The molecule has 134 valence electrons. The number of urea groups is 1. The first-order valence-electron chi connectivity index (χ1n) is 8.93. The summed E-state index contributed by atoms with van der Waals surface area (Å²) in [6, 6.07) is 6.16. The second-order valence-electron chi connectivity index (χ2n) is 8.37. The zero-order valence-corrected chi connectivity index (χ0v) is 16.0. The summed E-state index contributed by atoms with van der Waals surface area (Å²) in [5, 5.41) is 2.90. The molecule has 2 unspecified atom stereocenters. The molecule has 0 spiro atoms. The summed E-state index contributed by atoms with van der Waals surface area (Å²) < 4.78 is 5.88. The molecule has 1 aliphatic rings. The number of benzene rings is 1. The summed E-state index contributed by atoms with van der Waals surface area (Å²) in [6.45, 7) is 14.9. The number of likely N-dealkylation sites (tertiary alicyclic amines) is 1. The van der Waals surface area contributed by atoms with Crippen LogP contribution in [0.1, 0.15) is 52.2 Å². The largest absolute Gasteiger partial charge is 0.473 e. The van der Waals surface area contributed by atoms with E-state index < -0.39 is 0 Å². The van der Waals surface area contributed by atoms with E-state index in [9.17, 15) is 4.79 Å². The van der Waals surface area contributed by atoms with Gasteiger partial charge in [-0.2, -0.15) is 0 Å². The van der Waals surface area contributed by atoms with Crippen LogP contribution in [0.3, 0.4) is 0 Å². The molecule has 0 saturated carbocycles. The highest BCUT2D eigenvalue weighted by Crippen LogP contribution is 2.32. The molecule has 1 fully saturated rings. The number of nitrogens with one attached hydrogen (secondary N) is 1. The van der Waals surface area contributed by atoms with Crippen LogP contribution in [0.25, 0.3) is 0 Å². The first-order chi connectivity index (χ1) is 11.2. The fraction of sp³-hybridized carbons (Fsp3) is 0.650. The molecule has 0 radical (unpaired) electrons. The average molecular weight is 332 g/mol. The Morgan fingerprint density at radius 2 is 1.88 bits per heavy atom. The van der Waals surface area contributed by atoms with Crippen molar-refractivity contribution in [3.63, 3.8) is 0 Å². The SMILES string of the molecule is Cc1ccc(OCNC(=O)N2CC(C)CC(C)C2)c(C(C)(C)C)c1. The van der Waals surface area contributed by atoms with Crippen molar-refractivity contribution < 1.29 is 9.53 Å². The lowest BCUT2D eigenvalue weighted by Gasteiger charge is -2.34. The molecule has 2 atom stereocenters. The Morgan fingerprint density at radius 3 is 2.46 bits per heavy atom. The Bertz CT molecular complexity index is 567. The van der Waals surface area contributed by atoms with E-state index in [1.54, 1.807) is 0 Å². The molecule has 1 N–H and O–H groups in total. The minimum Gasteiger partial charge on any atom is -0.473 e. The minimum absolute atomic E-state index is 0.00307. The van der Waals surface area contributed by atoms with Gasteiger partial charge in [0.1, 0.15) is 5.75 Å². The van der Waals surface area contributed by atoms with E-state index in [1.807, 2.05) is 17.0 Å². The smallest absolute Gasteiger partial charge is 0.320 e. The lowest BCUT2D eigenvalue weighted by molar-refractivity contribution is 0.139. The highest BCUT2D eigenvalue weighted by molar-refractivity contribution is 5.74. The molecule has 4 heteroatoms. The first kappa shape index (κ1) is 18.6. The normalized spacial score (nSPS) is 21.5. The molecule has 4 nitrogen and oxygen atoms in total. The van der Waals surface area contributed by atoms with E-state index in [0.717, 1.165) is 24.4 Å². The predicted octanol–water partition coefficient (Wildman–Crippen LogP) is 4.32. The van der Waals surface area contributed by atoms with E-state index in [0.29, 0.717) is 11.8 Å². The van der Waals surface area contributed by atoms with Crippen molar-refractivity contribution in [2.45, 2.75) is 53.4 Å². The lowest BCUT2D eigenvalue weighted by atomic mass is 9.85. The molecular formula is C20H32N2O2. The highest BCUT2D eigenvalue weighted by atomic mass is 16.5. The summed E-state index contributed by atoms with van der Waals surface area (Å²) >= 11 is 0. The zero-order valence-electron chi connectivity index (χ0n) is 16.0. The summed E-state index contributed by atoms with van der Waals surface area (Å²) in [5.74, 6) is 1.96. The average Bonchev–Trinajstić information content (AvgIpc) is 2.46. The quantitative estimate of drug-likeness (QED) is 0.838. The van der Waals surface area contributed by atoms with Gasteiger partial charge in [0.05, 0.1) is 0 Å². The Morgan fingerprint density at radius 1 is 1.25 bits per heavy atom. The highest BCUT2D eigenvalue weighted by Gasteiger charge is 2.25. The van der Waals surface area contributed by atoms with Crippen LogP contribution >= 0.6 is 0 Å². The second kappa shape index (κ2) is 7.45. The molecular weight excluding hydrogens is 300 g/mol. The second-order valence-corrected chi connectivity index (χ2v) is 8.37. The van der Waals surface area contributed by atoms with Crippen molar-refractivity contribution in [2.75, 3.05) is 19.8 Å². The minimum atomic E-state index is -0.0298. The lowest BCUT2D eigenvalue weighted by Crippen LogP contribution is -2.48. The number of carbonyl (C=O) groups is 1. The van der Waals surface area contributed by atoms with Crippen molar-refractivity contribution >= 4 is 6.03 Å². The van der Waals surface area contributed by atoms with Gasteiger partial charge in [0.15, 0.2) is 6.73 Å². The van der Waals surface area contributed by atoms with Crippen molar-refractivity contribution in [3.05, 3.63) is 29.3 Å². The number of aryl methyl sites for hydroxylation is 1. The van der Waals surface area contributed by atoms with Crippen LogP contribution in [-0.4, -0.2) is 30.8 Å². The molecule has 24 heavy (non-hydrogen) atoms. The standard InChI is InChI=1S/C20H32N2O2/c1-14-7-8-18(17(10-14)20(4,5)6)24-13-21-19(23)22-11-15(2)9-16(3)12-22/h7-8,10,15-16H,9,11-13H2,1-6H3,(H,21,23). The molecule has 1 heterocycles. The van der Waals surface area contributed by atoms with Gasteiger partial charge in [-0.25, -0.2) is 4.79 Å². The summed E-state index contributed by atoms with van der Waals surface area (Å²) in [7, 11) is 0. The number of rotatable bonds is 3. The van der Waals surface area contributed by atoms with Gasteiger partial charge in [-0.1, -0.05) is 52.3 Å². The van der Waals surface area contributed by atoms with Gasteiger partial charge in [0.2, 0.25) is 0 Å². The third-order valence-corrected chi connectivity index (χ3v) is 4.55. The van der Waals surface area contributed by atoms with Crippen molar-refractivity contribution in [2.24, 2.45) is 11.8 Å². The molecule has 1 aromatic carbocycles. The van der Waals surface area contributed by atoms with Gasteiger partial charge in [0.25, 0.3) is 0 Å². The molecule has 0 aliphatic carbocycles. The number of ether oxygens (including phenoxy) is 1. The summed E-state index contributed by atoms with van der Waals surface area (Å²) in [6.07, 6.45) is 1.19. The fourth-order valence-corrected chi connectivity index (χ4v) is 3.47. The zero-order chi connectivity index (χ0) is 17.9. The number of hydrogen-bond donors (Lipinski definition) is 1. The third-order valence-electron chi connectivity index (χ3n) is 4.55. The Labute approximate surface area is 146 Å². The third kappa shape index (κ3) is 4.89. The van der Waals surface area contributed by atoms with Gasteiger partial charge < -0.3 is 15.0 Å². The van der Waals surface area contributed by atoms with Crippen molar-refractivity contribution in [1.82, 2.24) is 10.2 Å². The first-order valence-corrected chi connectivity index (χ1v) is 8.93. The predicted molar refractivity (Wildman–Crippen MR) is 98.4 cm³/mol. The maximum absolute atomic E-state index is 12.4. The Balaban J connectivity index is 1.94.